The van der Waals surface area contributed by atoms with Gasteiger partial charge in [-0.15, -0.1) is 0 Å². The Morgan fingerprint density at radius 1 is 0.517 bits per heavy atom. The second-order valence-corrected chi connectivity index (χ2v) is 3.99. The Kier molecular flexibility index (Phi) is 51.0. The Bertz CT molecular complexity index is 464. The summed E-state index contributed by atoms with van der Waals surface area (Å²) in [5.41, 5.74) is 5.49. The van der Waals surface area contributed by atoms with Gasteiger partial charge in [-0.3, -0.25) is 0 Å². The third-order valence-electron chi connectivity index (χ3n) is 3.09. The first-order valence-corrected chi connectivity index (χ1v) is 11.3. The van der Waals surface area contributed by atoms with Crippen molar-refractivity contribution in [3.05, 3.63) is 67.1 Å². The van der Waals surface area contributed by atoms with Crippen LogP contribution in [0.2, 0.25) is 0 Å². The van der Waals surface area contributed by atoms with Crippen LogP contribution in [-0.4, -0.2) is 7.05 Å². The van der Waals surface area contributed by atoms with Gasteiger partial charge in [0.2, 0.25) is 0 Å². The molecule has 169 valence electrons. The molecule has 1 radical (unpaired) electrons. The summed E-state index contributed by atoms with van der Waals surface area (Å²) in [6, 6.07) is 17.2. The minimum absolute atomic E-state index is 0. The molecule has 1 heterocycles. The number of hydrogen-bond acceptors (Lipinski definition) is 1. The van der Waals surface area contributed by atoms with Crippen LogP contribution in [0.25, 0.3) is 0 Å². The molecule has 0 fully saturated rings. The summed E-state index contributed by atoms with van der Waals surface area (Å²) in [7, 11) is 2.14. The van der Waals surface area contributed by atoms with Crippen LogP contribution in [0.1, 0.15) is 94.2 Å². The van der Waals surface area contributed by atoms with Crippen molar-refractivity contribution in [2.75, 3.05) is 11.9 Å². The van der Waals surface area contributed by atoms with E-state index in [4.69, 9.17) is 0 Å². The Morgan fingerprint density at radius 2 is 0.759 bits per heavy atom. The van der Waals surface area contributed by atoms with Crippen molar-refractivity contribution < 1.29 is 32.7 Å². The number of fused-ring (bicyclic) bond motifs is 2. The third kappa shape index (κ3) is 15.8. The fraction of sp³-hybridized carbons (Fsp3) is 0.519. The maximum absolute atomic E-state index is 2.27. The van der Waals surface area contributed by atoms with Gasteiger partial charge in [-0.25, -0.2) is 0 Å². The van der Waals surface area contributed by atoms with E-state index in [0.717, 1.165) is 6.42 Å². The molecule has 0 atom stereocenters. The Labute approximate surface area is 211 Å². The zero-order valence-corrected chi connectivity index (χ0v) is 25.2. The molecule has 2 aromatic carbocycles. The predicted molar refractivity (Wildman–Crippen MR) is 138 cm³/mol. The molecule has 0 spiro atoms. The number of benzene rings is 2. The van der Waals surface area contributed by atoms with Gasteiger partial charge in [-0.2, -0.15) is 0 Å². The Morgan fingerprint density at radius 3 is 1.03 bits per heavy atom. The number of para-hydroxylation sites is 2. The molecular weight excluding hydrogens is 427 g/mol. The van der Waals surface area contributed by atoms with E-state index in [1.54, 1.807) is 0 Å². The van der Waals surface area contributed by atoms with Gasteiger partial charge >= 0.3 is 0 Å². The summed E-state index contributed by atoms with van der Waals surface area (Å²) >= 11 is 0. The number of rotatable bonds is 0. The number of nitrogens with zero attached hydrogens (tertiary/aromatic N) is 1. The van der Waals surface area contributed by atoms with E-state index in [-0.39, 0.29) is 40.1 Å². The fourth-order valence-corrected chi connectivity index (χ4v) is 2.31. The maximum Gasteiger partial charge on any atom is 0.0444 e. The van der Waals surface area contributed by atoms with Crippen LogP contribution in [0.15, 0.2) is 48.5 Å². The zero-order valence-electron chi connectivity index (χ0n) is 22.4. The van der Waals surface area contributed by atoms with E-state index in [1.807, 2.05) is 83.1 Å². The van der Waals surface area contributed by atoms with Crippen LogP contribution in [0.4, 0.5) is 11.4 Å². The molecule has 0 amide bonds. The first-order valence-electron chi connectivity index (χ1n) is 11.3. The van der Waals surface area contributed by atoms with E-state index in [0.29, 0.717) is 0 Å². The van der Waals surface area contributed by atoms with Crippen LogP contribution in [0, 0.1) is 7.43 Å². The summed E-state index contributed by atoms with van der Waals surface area (Å²) in [5, 5.41) is 0. The molecule has 1 aliphatic heterocycles. The summed E-state index contributed by atoms with van der Waals surface area (Å²) in [4.78, 5) is 2.27. The molecule has 2 heteroatoms. The van der Waals surface area contributed by atoms with Crippen molar-refractivity contribution in [2.24, 2.45) is 0 Å². The largest absolute Gasteiger partial charge is 0.358 e. The molecule has 0 aliphatic carbocycles. The molecule has 1 aliphatic rings. The molecular formula is C27H52NY-. The van der Waals surface area contributed by atoms with Crippen molar-refractivity contribution in [1.29, 1.82) is 0 Å². The van der Waals surface area contributed by atoms with Crippen molar-refractivity contribution in [2.45, 2.75) is 89.5 Å². The van der Waals surface area contributed by atoms with E-state index in [9.17, 15) is 0 Å². The molecule has 1 nitrogen and oxygen atoms in total. The molecule has 3 rings (SSSR count). The summed E-state index contributed by atoms with van der Waals surface area (Å²) in [6.45, 7) is 24.0. The van der Waals surface area contributed by atoms with Crippen LogP contribution < -0.4 is 4.90 Å². The van der Waals surface area contributed by atoms with Crippen molar-refractivity contribution >= 4 is 11.4 Å². The molecule has 0 bridgehead atoms. The summed E-state index contributed by atoms with van der Waals surface area (Å²) in [6.07, 6.45) is 1.05. The summed E-state index contributed by atoms with van der Waals surface area (Å²) < 4.78 is 0. The van der Waals surface area contributed by atoms with Crippen molar-refractivity contribution in [1.82, 2.24) is 0 Å². The van der Waals surface area contributed by atoms with E-state index in [1.165, 1.54) is 22.5 Å². The van der Waals surface area contributed by atoms with Crippen molar-refractivity contribution in [3.63, 3.8) is 0 Å². The fourth-order valence-electron chi connectivity index (χ4n) is 2.31. The Hall–Kier alpha value is -0.656. The van der Waals surface area contributed by atoms with Gasteiger partial charge in [0, 0.05) is 57.6 Å². The van der Waals surface area contributed by atoms with Gasteiger partial charge in [0.1, 0.15) is 0 Å². The van der Waals surface area contributed by atoms with Crippen LogP contribution in [0.3, 0.4) is 0 Å². The SMILES string of the molecule is CC.CC.CC.CC.CC.CC.CN1c2ccccc2Cc2ccccc21.[CH3-].[Y]. The van der Waals surface area contributed by atoms with Gasteiger partial charge in [0.15, 0.2) is 0 Å². The molecule has 0 aromatic heterocycles. The number of anilines is 2. The van der Waals surface area contributed by atoms with E-state index >= 15 is 0 Å². The van der Waals surface area contributed by atoms with Gasteiger partial charge in [0.05, 0.1) is 0 Å². The first kappa shape index (κ1) is 42.4. The topological polar surface area (TPSA) is 3.24 Å². The minimum Gasteiger partial charge on any atom is -0.358 e. The normalized spacial score (nSPS) is 8.10. The van der Waals surface area contributed by atoms with Gasteiger partial charge in [-0.05, 0) is 23.3 Å². The average Bonchev–Trinajstić information content (AvgIpc) is 2.82. The quantitative estimate of drug-likeness (QED) is 0.340. The van der Waals surface area contributed by atoms with Gasteiger partial charge in [-0.1, -0.05) is 119 Å². The molecule has 0 saturated carbocycles. The number of hydrogen-bond donors (Lipinski definition) is 0. The second kappa shape index (κ2) is 34.8. The van der Waals surface area contributed by atoms with Crippen molar-refractivity contribution in [3.8, 4) is 0 Å². The van der Waals surface area contributed by atoms with E-state index < -0.39 is 0 Å². The van der Waals surface area contributed by atoms with Crippen LogP contribution in [0.5, 0.6) is 0 Å². The van der Waals surface area contributed by atoms with E-state index in [2.05, 4.69) is 60.5 Å². The second-order valence-electron chi connectivity index (χ2n) is 3.99. The predicted octanol–water partition coefficient (Wildman–Crippen LogP) is 9.96. The third-order valence-corrected chi connectivity index (χ3v) is 3.09. The molecule has 29 heavy (non-hydrogen) atoms. The minimum atomic E-state index is 0. The standard InChI is InChI=1S/C14H13N.6C2H6.CH3.Y/c1-15-13-8-4-2-6-11(13)10-12-7-3-5-9-14(12)15;6*1-2;;/h2-9H,10H2,1H3;6*1-2H3;1H3;/q;;;;;;;-1;. The average molecular weight is 480 g/mol. The summed E-state index contributed by atoms with van der Waals surface area (Å²) in [5.74, 6) is 0. The molecule has 0 unspecified atom stereocenters. The van der Waals surface area contributed by atoms with Crippen LogP contribution >= 0.6 is 0 Å². The molecule has 0 N–H and O–H groups in total. The maximum atomic E-state index is 2.27. The zero-order chi connectivity index (χ0) is 22.3. The molecule has 2 aromatic rings. The van der Waals surface area contributed by atoms with Crippen LogP contribution in [-0.2, 0) is 39.1 Å². The first-order chi connectivity index (χ1) is 13.4. The van der Waals surface area contributed by atoms with Gasteiger partial charge in [0.25, 0.3) is 0 Å². The monoisotopic (exact) mass is 479 g/mol. The van der Waals surface area contributed by atoms with Gasteiger partial charge < -0.3 is 12.3 Å². The smallest absolute Gasteiger partial charge is 0.0444 e. The molecule has 0 saturated heterocycles. The Balaban J connectivity index is -0.0000000826.